The summed E-state index contributed by atoms with van der Waals surface area (Å²) in [7, 11) is 5.95. The fraction of sp³-hybridized carbons (Fsp3) is 0.579. The van der Waals surface area contributed by atoms with Crippen LogP contribution in [0.25, 0.3) is 0 Å². The minimum atomic E-state index is -0.229. The van der Waals surface area contributed by atoms with Gasteiger partial charge in [0.15, 0.2) is 5.96 Å². The van der Waals surface area contributed by atoms with E-state index in [1.54, 1.807) is 11.9 Å². The van der Waals surface area contributed by atoms with Crippen molar-refractivity contribution >= 4 is 12.1 Å². The van der Waals surface area contributed by atoms with Gasteiger partial charge in [0.05, 0.1) is 6.61 Å². The number of hydrogen-bond acceptors (Lipinski definition) is 4. The van der Waals surface area contributed by atoms with Crippen molar-refractivity contribution in [3.63, 3.8) is 0 Å². The summed E-state index contributed by atoms with van der Waals surface area (Å²) >= 11 is 0. The highest BCUT2D eigenvalue weighted by molar-refractivity contribution is 5.80. The topological polar surface area (TPSA) is 60.4 Å². The minimum Gasteiger partial charge on any atom is -0.450 e. The molecular formula is C19H31N5O2. The Morgan fingerprint density at radius 2 is 1.77 bits per heavy atom. The Bertz CT molecular complexity index is 610. The first-order valence-electron chi connectivity index (χ1n) is 9.14. The lowest BCUT2D eigenvalue weighted by atomic mass is 10.1. The van der Waals surface area contributed by atoms with Gasteiger partial charge in [-0.1, -0.05) is 24.3 Å². The molecule has 0 aliphatic carbocycles. The van der Waals surface area contributed by atoms with Gasteiger partial charge in [-0.3, -0.25) is 4.99 Å². The lowest BCUT2D eigenvalue weighted by Crippen LogP contribution is -2.53. The monoisotopic (exact) mass is 361 g/mol. The van der Waals surface area contributed by atoms with Crippen molar-refractivity contribution in [3.8, 4) is 0 Å². The first kappa shape index (κ1) is 20.0. The molecule has 1 aliphatic heterocycles. The molecule has 0 atom stereocenters. The number of rotatable bonds is 5. The van der Waals surface area contributed by atoms with E-state index in [1.807, 2.05) is 6.92 Å². The van der Waals surface area contributed by atoms with E-state index >= 15 is 0 Å². The SMILES string of the molecule is CCOC(=O)N1CCN(C(=NC)NCc2ccccc2CN(C)C)CC1. The Labute approximate surface area is 156 Å². The van der Waals surface area contributed by atoms with Crippen molar-refractivity contribution in [2.24, 2.45) is 4.99 Å². The van der Waals surface area contributed by atoms with Crippen LogP contribution < -0.4 is 5.32 Å². The van der Waals surface area contributed by atoms with Crippen molar-refractivity contribution in [2.45, 2.75) is 20.0 Å². The lowest BCUT2D eigenvalue weighted by Gasteiger charge is -2.36. The maximum atomic E-state index is 11.8. The fourth-order valence-corrected chi connectivity index (χ4v) is 3.05. The van der Waals surface area contributed by atoms with Crippen LogP contribution in [-0.4, -0.2) is 80.7 Å². The van der Waals surface area contributed by atoms with Crippen LogP contribution in [0.1, 0.15) is 18.1 Å². The molecule has 0 aromatic heterocycles. The van der Waals surface area contributed by atoms with E-state index in [-0.39, 0.29) is 6.09 Å². The summed E-state index contributed by atoms with van der Waals surface area (Å²) in [6.07, 6.45) is -0.229. The normalized spacial score (nSPS) is 15.3. The van der Waals surface area contributed by atoms with E-state index in [0.717, 1.165) is 32.1 Å². The lowest BCUT2D eigenvalue weighted by molar-refractivity contribution is 0.0914. The van der Waals surface area contributed by atoms with Crippen molar-refractivity contribution in [1.82, 2.24) is 20.0 Å². The minimum absolute atomic E-state index is 0.229. The Kier molecular flexibility index (Phi) is 7.72. The summed E-state index contributed by atoms with van der Waals surface area (Å²) in [5.41, 5.74) is 2.58. The molecule has 0 radical (unpaired) electrons. The molecule has 0 saturated carbocycles. The predicted octanol–water partition coefficient (Wildman–Crippen LogP) is 1.60. The zero-order valence-electron chi connectivity index (χ0n) is 16.4. The van der Waals surface area contributed by atoms with Gasteiger partial charge in [-0.25, -0.2) is 4.79 Å². The molecule has 0 unspecified atom stereocenters. The number of amides is 1. The van der Waals surface area contributed by atoms with Crippen LogP contribution in [0.3, 0.4) is 0 Å². The number of ether oxygens (including phenoxy) is 1. The van der Waals surface area contributed by atoms with Crippen LogP contribution in [0.2, 0.25) is 0 Å². The predicted molar refractivity (Wildman–Crippen MR) is 104 cm³/mol. The molecule has 7 heteroatoms. The van der Waals surface area contributed by atoms with Crippen LogP contribution in [-0.2, 0) is 17.8 Å². The number of aliphatic imine (C=N–C) groups is 1. The molecule has 0 spiro atoms. The van der Waals surface area contributed by atoms with Crippen molar-refractivity contribution in [3.05, 3.63) is 35.4 Å². The summed E-state index contributed by atoms with van der Waals surface area (Å²) in [6, 6.07) is 8.46. The molecule has 26 heavy (non-hydrogen) atoms. The molecule has 1 aromatic rings. The molecular weight excluding hydrogens is 330 g/mol. The third-order valence-electron chi connectivity index (χ3n) is 4.36. The number of guanidine groups is 1. The van der Waals surface area contributed by atoms with Gasteiger partial charge in [-0.2, -0.15) is 0 Å². The van der Waals surface area contributed by atoms with E-state index < -0.39 is 0 Å². The van der Waals surface area contributed by atoms with E-state index in [0.29, 0.717) is 19.7 Å². The van der Waals surface area contributed by atoms with E-state index in [1.165, 1.54) is 11.1 Å². The molecule has 1 aromatic carbocycles. The van der Waals surface area contributed by atoms with Gasteiger partial charge in [0.25, 0.3) is 0 Å². The number of piperazine rings is 1. The summed E-state index contributed by atoms with van der Waals surface area (Å²) in [6.45, 7) is 6.68. The molecule has 1 aliphatic rings. The zero-order valence-corrected chi connectivity index (χ0v) is 16.4. The largest absolute Gasteiger partial charge is 0.450 e. The van der Waals surface area contributed by atoms with E-state index in [4.69, 9.17) is 4.74 Å². The second-order valence-corrected chi connectivity index (χ2v) is 6.58. The molecule has 1 N–H and O–H groups in total. The third kappa shape index (κ3) is 5.62. The quantitative estimate of drug-likeness (QED) is 0.638. The van der Waals surface area contributed by atoms with Crippen LogP contribution in [0.15, 0.2) is 29.3 Å². The number of nitrogens with zero attached hydrogens (tertiary/aromatic N) is 4. The van der Waals surface area contributed by atoms with Crippen molar-refractivity contribution in [1.29, 1.82) is 0 Å². The smallest absolute Gasteiger partial charge is 0.409 e. The second-order valence-electron chi connectivity index (χ2n) is 6.58. The van der Waals surface area contributed by atoms with Gasteiger partial charge in [0, 0.05) is 46.3 Å². The molecule has 1 amide bonds. The number of carbonyl (C=O) groups is 1. The zero-order chi connectivity index (χ0) is 18.9. The molecule has 1 heterocycles. The number of hydrogen-bond donors (Lipinski definition) is 1. The highest BCUT2D eigenvalue weighted by atomic mass is 16.6. The van der Waals surface area contributed by atoms with Gasteiger partial charge >= 0.3 is 6.09 Å². The van der Waals surface area contributed by atoms with Gasteiger partial charge in [-0.05, 0) is 32.1 Å². The fourth-order valence-electron chi connectivity index (χ4n) is 3.05. The Hall–Kier alpha value is -2.28. The Balaban J connectivity index is 1.90. The first-order chi connectivity index (χ1) is 12.5. The van der Waals surface area contributed by atoms with E-state index in [2.05, 4.69) is 58.5 Å². The molecule has 0 bridgehead atoms. The molecule has 144 valence electrons. The maximum Gasteiger partial charge on any atom is 0.409 e. The number of nitrogens with one attached hydrogen (secondary N) is 1. The third-order valence-corrected chi connectivity index (χ3v) is 4.36. The van der Waals surface area contributed by atoms with Crippen LogP contribution in [0, 0.1) is 0 Å². The highest BCUT2D eigenvalue weighted by Crippen LogP contribution is 2.11. The first-order valence-corrected chi connectivity index (χ1v) is 9.14. The average molecular weight is 361 g/mol. The molecule has 2 rings (SSSR count). The number of carbonyl (C=O) groups excluding carboxylic acids is 1. The molecule has 1 fully saturated rings. The average Bonchev–Trinajstić information content (AvgIpc) is 2.64. The summed E-state index contributed by atoms with van der Waals surface area (Å²) in [4.78, 5) is 22.3. The summed E-state index contributed by atoms with van der Waals surface area (Å²) in [5, 5.41) is 3.46. The number of benzene rings is 1. The molecule has 7 nitrogen and oxygen atoms in total. The van der Waals surface area contributed by atoms with Gasteiger partial charge < -0.3 is 24.8 Å². The van der Waals surface area contributed by atoms with Gasteiger partial charge in [0.2, 0.25) is 0 Å². The Morgan fingerprint density at radius 1 is 1.15 bits per heavy atom. The van der Waals surface area contributed by atoms with Crippen LogP contribution >= 0.6 is 0 Å². The van der Waals surface area contributed by atoms with Gasteiger partial charge in [0.1, 0.15) is 0 Å². The molecule has 1 saturated heterocycles. The van der Waals surface area contributed by atoms with Crippen LogP contribution in [0.4, 0.5) is 4.79 Å². The van der Waals surface area contributed by atoms with Gasteiger partial charge in [-0.15, -0.1) is 0 Å². The summed E-state index contributed by atoms with van der Waals surface area (Å²) in [5.74, 6) is 0.869. The standard InChI is InChI=1S/C19H31N5O2/c1-5-26-19(25)24-12-10-23(11-13-24)18(20-2)21-14-16-8-6-7-9-17(16)15-22(3)4/h6-9H,5,10-15H2,1-4H3,(H,20,21). The second kappa shape index (κ2) is 10.0. The summed E-state index contributed by atoms with van der Waals surface area (Å²) < 4.78 is 5.07. The van der Waals surface area contributed by atoms with Crippen molar-refractivity contribution < 1.29 is 9.53 Å². The highest BCUT2D eigenvalue weighted by Gasteiger charge is 2.23. The Morgan fingerprint density at radius 3 is 2.35 bits per heavy atom. The maximum absolute atomic E-state index is 11.8. The van der Waals surface area contributed by atoms with E-state index in [9.17, 15) is 4.79 Å². The van der Waals surface area contributed by atoms with Crippen molar-refractivity contribution in [2.75, 3.05) is 53.9 Å². The van der Waals surface area contributed by atoms with Crippen LogP contribution in [0.5, 0.6) is 0 Å².